The summed E-state index contributed by atoms with van der Waals surface area (Å²) in [6, 6.07) is 11.6. The van der Waals surface area contributed by atoms with Gasteiger partial charge in [0.05, 0.1) is 29.6 Å². The molecule has 0 amide bonds. The van der Waals surface area contributed by atoms with Crippen LogP contribution in [0.25, 0.3) is 28.0 Å². The highest BCUT2D eigenvalue weighted by molar-refractivity contribution is 6.12. The van der Waals surface area contributed by atoms with E-state index >= 15 is 0 Å². The molecule has 0 radical (unpaired) electrons. The molecule has 0 atom stereocenters. The molecule has 0 saturated carbocycles. The predicted molar refractivity (Wildman–Crippen MR) is 98.3 cm³/mol. The van der Waals surface area contributed by atoms with Gasteiger partial charge < -0.3 is 14.0 Å². The van der Waals surface area contributed by atoms with Gasteiger partial charge in [0.15, 0.2) is 0 Å². The Hall–Kier alpha value is -3.15. The van der Waals surface area contributed by atoms with Gasteiger partial charge in [-0.2, -0.15) is 0 Å². The van der Waals surface area contributed by atoms with Crippen LogP contribution in [-0.4, -0.2) is 34.7 Å². The molecule has 2 aliphatic rings. The van der Waals surface area contributed by atoms with Crippen molar-refractivity contribution in [2.24, 2.45) is 0 Å². The van der Waals surface area contributed by atoms with Crippen LogP contribution < -0.4 is 0 Å². The largest absolute Gasteiger partial charge is 0.465 e. The highest BCUT2D eigenvalue weighted by Crippen LogP contribution is 2.50. The number of nitrogens with zero attached hydrogens (tertiary/aromatic N) is 2. The molecular formula is C20H20N2O4. The summed E-state index contributed by atoms with van der Waals surface area (Å²) >= 11 is 0. The second kappa shape index (κ2) is 6.63. The van der Waals surface area contributed by atoms with Gasteiger partial charge in [-0.05, 0) is 39.0 Å². The Morgan fingerprint density at radius 1 is 1.15 bits per heavy atom. The molecule has 2 aromatic rings. The van der Waals surface area contributed by atoms with E-state index in [0.717, 1.165) is 5.69 Å². The summed E-state index contributed by atoms with van der Waals surface area (Å²) in [7, 11) is 1.38. The van der Waals surface area contributed by atoms with Gasteiger partial charge in [-0.3, -0.25) is 9.78 Å². The number of hydrogen-bond donors (Lipinski definition) is 0. The van der Waals surface area contributed by atoms with Crippen molar-refractivity contribution in [2.75, 3.05) is 7.11 Å². The minimum atomic E-state index is -0.354. The quantitative estimate of drug-likeness (QED) is 0.415. The van der Waals surface area contributed by atoms with Gasteiger partial charge in [-0.25, -0.2) is 4.79 Å². The Kier molecular flexibility index (Phi) is 4.50. The molecule has 2 aliphatic heterocycles. The highest BCUT2D eigenvalue weighted by atomic mass is 16.5. The summed E-state index contributed by atoms with van der Waals surface area (Å²) in [6.45, 7) is 5.92. The number of pyridine rings is 1. The number of ether oxygens (including phenoxy) is 2. The number of rotatable bonds is 3. The summed E-state index contributed by atoms with van der Waals surface area (Å²) in [4.78, 5) is 25.7. The molecule has 4 rings (SSSR count). The van der Waals surface area contributed by atoms with E-state index in [-0.39, 0.29) is 11.6 Å². The van der Waals surface area contributed by atoms with E-state index in [1.54, 1.807) is 18.3 Å². The standard InChI is InChI=1S/C15H10N2O2.C5H10O2/c1-19-15(18)10-6-4-8-16-12(10)14-13-9-5-2-3-7-11(9)17(13)14;1-5(2,3)7-4-6/h2-8H,1H3;4H,1-3H3. The Bertz CT molecular complexity index is 944. The number of aromatic nitrogens is 2. The Labute approximate surface area is 151 Å². The number of benzene rings is 1. The summed E-state index contributed by atoms with van der Waals surface area (Å²) in [6.07, 6.45) is 1.69. The Morgan fingerprint density at radius 3 is 2.46 bits per heavy atom. The van der Waals surface area contributed by atoms with Crippen molar-refractivity contribution < 1.29 is 19.1 Å². The van der Waals surface area contributed by atoms with E-state index in [1.165, 1.54) is 23.7 Å². The lowest BCUT2D eigenvalue weighted by molar-refractivity contribution is -0.138. The van der Waals surface area contributed by atoms with Crippen molar-refractivity contribution in [3.63, 3.8) is 0 Å². The molecule has 1 aromatic carbocycles. The molecule has 134 valence electrons. The molecule has 0 saturated heterocycles. The molecule has 0 unspecified atom stereocenters. The van der Waals surface area contributed by atoms with Crippen LogP contribution in [-0.2, 0) is 14.3 Å². The van der Waals surface area contributed by atoms with Crippen LogP contribution in [0.4, 0.5) is 0 Å². The summed E-state index contributed by atoms with van der Waals surface area (Å²) in [5.41, 5.74) is 4.24. The molecule has 3 heterocycles. The van der Waals surface area contributed by atoms with E-state index in [4.69, 9.17) is 4.74 Å². The number of para-hydroxylation sites is 1. The number of hydrogen-bond acceptors (Lipinski definition) is 5. The molecule has 0 spiro atoms. The lowest BCUT2D eigenvalue weighted by Gasteiger charge is -2.14. The first-order valence-electron chi connectivity index (χ1n) is 8.18. The zero-order chi connectivity index (χ0) is 18.9. The second-order valence-electron chi connectivity index (χ2n) is 6.77. The fourth-order valence-electron chi connectivity index (χ4n) is 2.70. The van der Waals surface area contributed by atoms with E-state index < -0.39 is 0 Å². The van der Waals surface area contributed by atoms with Crippen LogP contribution in [0.5, 0.6) is 0 Å². The first kappa shape index (κ1) is 17.7. The molecule has 1 aromatic heterocycles. The third kappa shape index (κ3) is 3.18. The zero-order valence-corrected chi connectivity index (χ0v) is 15.1. The van der Waals surface area contributed by atoms with Crippen molar-refractivity contribution in [3.05, 3.63) is 48.2 Å². The number of fused-ring (bicyclic) bond motifs is 4. The summed E-state index contributed by atoms with van der Waals surface area (Å²) in [5, 5.41) is 1.22. The normalized spacial score (nSPS) is 11.4. The van der Waals surface area contributed by atoms with Gasteiger partial charge in [-0.1, -0.05) is 18.2 Å². The topological polar surface area (TPSA) is 70.4 Å². The van der Waals surface area contributed by atoms with Crippen LogP contribution in [0.3, 0.4) is 0 Å². The lowest BCUT2D eigenvalue weighted by Crippen LogP contribution is -2.17. The second-order valence-corrected chi connectivity index (χ2v) is 6.77. The smallest absolute Gasteiger partial charge is 0.340 e. The van der Waals surface area contributed by atoms with Crippen molar-refractivity contribution in [1.82, 2.24) is 9.55 Å². The summed E-state index contributed by atoms with van der Waals surface area (Å²) in [5.74, 6) is -0.354. The minimum absolute atomic E-state index is 0.318. The average Bonchev–Trinajstić information content (AvgIpc) is 3.27. The molecule has 0 fully saturated rings. The fourth-order valence-corrected chi connectivity index (χ4v) is 2.70. The molecule has 26 heavy (non-hydrogen) atoms. The maximum atomic E-state index is 11.8. The van der Waals surface area contributed by atoms with Crippen molar-refractivity contribution in [2.45, 2.75) is 26.4 Å². The van der Waals surface area contributed by atoms with Gasteiger partial charge in [-0.15, -0.1) is 0 Å². The van der Waals surface area contributed by atoms with Gasteiger partial charge in [0.2, 0.25) is 0 Å². The molecule has 6 nitrogen and oxygen atoms in total. The van der Waals surface area contributed by atoms with Gasteiger partial charge >= 0.3 is 5.97 Å². The molecule has 6 heteroatoms. The van der Waals surface area contributed by atoms with Crippen molar-refractivity contribution in [1.29, 1.82) is 0 Å². The maximum absolute atomic E-state index is 11.8. The van der Waals surface area contributed by atoms with Crippen LogP contribution in [0.1, 0.15) is 31.1 Å². The first-order chi connectivity index (χ1) is 12.4. The molecule has 0 aliphatic carbocycles. The maximum Gasteiger partial charge on any atom is 0.340 e. The monoisotopic (exact) mass is 352 g/mol. The lowest BCUT2D eigenvalue weighted by atomic mass is 10.1. The number of carbonyl (C=O) groups excluding carboxylic acids is 2. The molecule has 0 bridgehead atoms. The highest BCUT2D eigenvalue weighted by Gasteiger charge is 2.36. The number of methoxy groups -OCH3 is 1. The predicted octanol–water partition coefficient (Wildman–Crippen LogP) is 3.75. The Morgan fingerprint density at radius 2 is 1.88 bits per heavy atom. The third-order valence-electron chi connectivity index (χ3n) is 3.86. The van der Waals surface area contributed by atoms with Crippen LogP contribution in [0, 0.1) is 0 Å². The van der Waals surface area contributed by atoms with E-state index in [2.05, 4.69) is 26.4 Å². The Balaban J connectivity index is 0.000000242. The fraction of sp³-hybridized carbons (Fsp3) is 0.250. The van der Waals surface area contributed by atoms with Crippen molar-refractivity contribution in [3.8, 4) is 17.1 Å². The number of carbonyl (C=O) groups is 2. The van der Waals surface area contributed by atoms with Gasteiger partial charge in [0, 0.05) is 11.6 Å². The number of esters is 1. The average molecular weight is 352 g/mol. The van der Waals surface area contributed by atoms with Crippen LogP contribution >= 0.6 is 0 Å². The molecular weight excluding hydrogens is 332 g/mol. The van der Waals surface area contributed by atoms with Crippen LogP contribution in [0.2, 0.25) is 0 Å². The van der Waals surface area contributed by atoms with E-state index in [1.807, 2.05) is 32.9 Å². The molecule has 0 N–H and O–H groups in total. The van der Waals surface area contributed by atoms with E-state index in [0.29, 0.717) is 17.7 Å². The van der Waals surface area contributed by atoms with E-state index in [9.17, 15) is 9.59 Å². The minimum Gasteiger partial charge on any atom is -0.465 e. The van der Waals surface area contributed by atoms with Gasteiger partial charge in [0.25, 0.3) is 6.47 Å². The SMILES string of the molecule is CC(C)(C)OC=O.COC(=O)c1cccnc1-c1c2c3ccccc3n1-2. The zero-order valence-electron chi connectivity index (χ0n) is 15.1. The third-order valence-corrected chi connectivity index (χ3v) is 3.86. The van der Waals surface area contributed by atoms with Crippen LogP contribution in [0.15, 0.2) is 42.6 Å². The first-order valence-corrected chi connectivity index (χ1v) is 8.18. The van der Waals surface area contributed by atoms with Crippen molar-refractivity contribution >= 4 is 23.3 Å². The van der Waals surface area contributed by atoms with Gasteiger partial charge in [0.1, 0.15) is 11.3 Å². The summed E-state index contributed by atoms with van der Waals surface area (Å²) < 4.78 is 11.5.